The molecule has 8 heteroatoms. The minimum Gasteiger partial charge on any atom is -0.497 e. The molecule has 1 atom stereocenters. The summed E-state index contributed by atoms with van der Waals surface area (Å²) in [5.74, 6) is 1.02. The molecule has 5 aromatic rings. The summed E-state index contributed by atoms with van der Waals surface area (Å²) in [4.78, 5) is 12.9. The number of benzene rings is 3. The molecule has 0 aliphatic carbocycles. The van der Waals surface area contributed by atoms with Gasteiger partial charge in [0, 0.05) is 39.6 Å². The Morgan fingerprint density at radius 3 is 2.59 bits per heavy atom. The standard InChI is InChI=1S/C26H24N4O3S/c1-4-30-22-8-6-5-7-20(22)21-15-18(11-14-23(21)30)27-24(31)16(2)34-26-29-28-25(33-26)17-9-12-19(32-3)13-10-17/h5-16H,4H2,1-3H3,(H,27,31)/t16-/m0/s1. The van der Waals surface area contributed by atoms with E-state index in [2.05, 4.69) is 45.2 Å². The van der Waals surface area contributed by atoms with Gasteiger partial charge in [0.1, 0.15) is 5.75 Å². The maximum absolute atomic E-state index is 12.9. The van der Waals surface area contributed by atoms with Crippen LogP contribution in [-0.4, -0.2) is 33.0 Å². The van der Waals surface area contributed by atoms with E-state index in [-0.39, 0.29) is 5.91 Å². The van der Waals surface area contributed by atoms with Crippen LogP contribution in [0.4, 0.5) is 5.69 Å². The van der Waals surface area contributed by atoms with Crippen molar-refractivity contribution in [2.24, 2.45) is 0 Å². The summed E-state index contributed by atoms with van der Waals surface area (Å²) in [6.07, 6.45) is 0. The molecule has 0 saturated heterocycles. The molecule has 2 heterocycles. The number of fused-ring (bicyclic) bond motifs is 3. The van der Waals surface area contributed by atoms with E-state index in [1.54, 1.807) is 7.11 Å². The average Bonchev–Trinajstić information content (AvgIpc) is 3.46. The molecule has 1 N–H and O–H groups in total. The van der Waals surface area contributed by atoms with E-state index in [4.69, 9.17) is 9.15 Å². The van der Waals surface area contributed by atoms with Crippen molar-refractivity contribution < 1.29 is 13.9 Å². The second-order valence-electron chi connectivity index (χ2n) is 7.84. The van der Waals surface area contributed by atoms with Crippen LogP contribution in [0.2, 0.25) is 0 Å². The molecule has 0 aliphatic rings. The number of anilines is 1. The number of nitrogens with zero attached hydrogens (tertiary/aromatic N) is 3. The lowest BCUT2D eigenvalue weighted by Gasteiger charge is -2.10. The number of methoxy groups -OCH3 is 1. The first kappa shape index (κ1) is 22.0. The van der Waals surface area contributed by atoms with Gasteiger partial charge in [0.2, 0.25) is 11.8 Å². The van der Waals surface area contributed by atoms with Gasteiger partial charge in [-0.3, -0.25) is 4.79 Å². The van der Waals surface area contributed by atoms with E-state index in [9.17, 15) is 4.79 Å². The molecule has 0 saturated carbocycles. The minimum atomic E-state index is -0.420. The fourth-order valence-electron chi connectivity index (χ4n) is 4.03. The van der Waals surface area contributed by atoms with Gasteiger partial charge < -0.3 is 19.0 Å². The average molecular weight is 473 g/mol. The normalized spacial score (nSPS) is 12.2. The Kier molecular flexibility index (Phi) is 5.98. The van der Waals surface area contributed by atoms with E-state index >= 15 is 0 Å². The number of hydrogen-bond acceptors (Lipinski definition) is 6. The molecule has 0 spiro atoms. The molecule has 2 aromatic heterocycles. The maximum Gasteiger partial charge on any atom is 0.277 e. The number of rotatable bonds is 7. The number of aryl methyl sites for hydroxylation is 1. The zero-order valence-corrected chi connectivity index (χ0v) is 19.9. The number of hydrogen-bond donors (Lipinski definition) is 1. The lowest BCUT2D eigenvalue weighted by Crippen LogP contribution is -2.22. The first-order chi connectivity index (χ1) is 16.6. The summed E-state index contributed by atoms with van der Waals surface area (Å²) in [5, 5.41) is 13.4. The SMILES string of the molecule is CCn1c2ccccc2c2cc(NC(=O)[C@H](C)Sc3nnc(-c4ccc(OC)cc4)o3)ccc21. The Morgan fingerprint density at radius 1 is 1.06 bits per heavy atom. The van der Waals surface area contributed by atoms with Crippen molar-refractivity contribution in [1.82, 2.24) is 14.8 Å². The van der Waals surface area contributed by atoms with Crippen LogP contribution in [0.15, 0.2) is 76.4 Å². The highest BCUT2D eigenvalue weighted by atomic mass is 32.2. The first-order valence-electron chi connectivity index (χ1n) is 11.0. The van der Waals surface area contributed by atoms with Crippen molar-refractivity contribution in [1.29, 1.82) is 0 Å². The summed E-state index contributed by atoms with van der Waals surface area (Å²) in [6, 6.07) is 21.7. The van der Waals surface area contributed by atoms with E-state index in [0.29, 0.717) is 11.1 Å². The predicted molar refractivity (Wildman–Crippen MR) is 135 cm³/mol. The molecule has 1 amide bonds. The fourth-order valence-corrected chi connectivity index (χ4v) is 4.71. The van der Waals surface area contributed by atoms with Crippen molar-refractivity contribution in [2.75, 3.05) is 12.4 Å². The Balaban J connectivity index is 1.30. The van der Waals surface area contributed by atoms with Crippen LogP contribution in [0.1, 0.15) is 13.8 Å². The molecule has 0 aliphatic heterocycles. The number of ether oxygens (including phenoxy) is 1. The molecule has 5 rings (SSSR count). The smallest absolute Gasteiger partial charge is 0.277 e. The Hall–Kier alpha value is -3.78. The molecule has 0 bridgehead atoms. The van der Waals surface area contributed by atoms with Crippen LogP contribution in [0, 0.1) is 0 Å². The number of aromatic nitrogens is 3. The summed E-state index contributed by atoms with van der Waals surface area (Å²) >= 11 is 1.23. The van der Waals surface area contributed by atoms with Gasteiger partial charge in [-0.15, -0.1) is 10.2 Å². The van der Waals surface area contributed by atoms with E-state index in [0.717, 1.165) is 34.4 Å². The van der Waals surface area contributed by atoms with Crippen LogP contribution in [0.25, 0.3) is 33.3 Å². The first-order valence-corrected chi connectivity index (χ1v) is 11.9. The third-order valence-corrected chi connectivity index (χ3v) is 6.68. The van der Waals surface area contributed by atoms with Crippen molar-refractivity contribution in [3.63, 3.8) is 0 Å². The zero-order chi connectivity index (χ0) is 23.7. The van der Waals surface area contributed by atoms with Gasteiger partial charge in [-0.2, -0.15) is 0 Å². The van der Waals surface area contributed by atoms with E-state index < -0.39 is 5.25 Å². The number of nitrogens with one attached hydrogen (secondary N) is 1. The van der Waals surface area contributed by atoms with Gasteiger partial charge in [0.25, 0.3) is 5.22 Å². The summed E-state index contributed by atoms with van der Waals surface area (Å²) in [6.45, 7) is 4.84. The van der Waals surface area contributed by atoms with Crippen LogP contribution >= 0.6 is 11.8 Å². The number of carbonyl (C=O) groups is 1. The van der Waals surface area contributed by atoms with E-state index in [1.165, 1.54) is 22.7 Å². The molecular weight excluding hydrogens is 448 g/mol. The molecule has 172 valence electrons. The molecule has 34 heavy (non-hydrogen) atoms. The molecule has 3 aromatic carbocycles. The largest absolute Gasteiger partial charge is 0.497 e. The third kappa shape index (κ3) is 4.12. The van der Waals surface area contributed by atoms with Crippen LogP contribution < -0.4 is 10.1 Å². The molecule has 0 unspecified atom stereocenters. The fraction of sp³-hybridized carbons (Fsp3) is 0.192. The van der Waals surface area contributed by atoms with Crippen molar-refractivity contribution >= 4 is 45.2 Å². The van der Waals surface area contributed by atoms with Gasteiger partial charge in [0.05, 0.1) is 12.4 Å². The molecular formula is C26H24N4O3S. The van der Waals surface area contributed by atoms with Gasteiger partial charge in [-0.1, -0.05) is 30.0 Å². The zero-order valence-electron chi connectivity index (χ0n) is 19.1. The number of thioether (sulfide) groups is 1. The van der Waals surface area contributed by atoms with Gasteiger partial charge in [-0.25, -0.2) is 0 Å². The summed E-state index contributed by atoms with van der Waals surface area (Å²) < 4.78 is 13.2. The van der Waals surface area contributed by atoms with Crippen LogP contribution in [0.5, 0.6) is 5.75 Å². The van der Waals surface area contributed by atoms with Crippen molar-refractivity contribution in [3.8, 4) is 17.2 Å². The Morgan fingerprint density at radius 2 is 1.82 bits per heavy atom. The van der Waals surface area contributed by atoms with Crippen molar-refractivity contribution in [2.45, 2.75) is 30.9 Å². The van der Waals surface area contributed by atoms with Gasteiger partial charge >= 0.3 is 0 Å². The highest BCUT2D eigenvalue weighted by Crippen LogP contribution is 2.32. The molecule has 7 nitrogen and oxygen atoms in total. The lowest BCUT2D eigenvalue weighted by atomic mass is 10.1. The van der Waals surface area contributed by atoms with Gasteiger partial charge in [-0.05, 0) is 62.4 Å². The second-order valence-corrected chi connectivity index (χ2v) is 9.14. The molecule has 0 fully saturated rings. The lowest BCUT2D eigenvalue weighted by molar-refractivity contribution is -0.115. The third-order valence-electron chi connectivity index (χ3n) is 5.75. The van der Waals surface area contributed by atoms with E-state index in [1.807, 2.05) is 55.5 Å². The number of para-hydroxylation sites is 1. The number of amides is 1. The Labute approximate surface area is 201 Å². The van der Waals surface area contributed by atoms with Gasteiger partial charge in [0.15, 0.2) is 0 Å². The summed E-state index contributed by atoms with van der Waals surface area (Å²) in [7, 11) is 1.62. The monoisotopic (exact) mass is 472 g/mol. The highest BCUT2D eigenvalue weighted by Gasteiger charge is 2.20. The summed E-state index contributed by atoms with van der Waals surface area (Å²) in [5.41, 5.74) is 3.89. The highest BCUT2D eigenvalue weighted by molar-refractivity contribution is 8.00. The van der Waals surface area contributed by atoms with Crippen LogP contribution in [0.3, 0.4) is 0 Å². The second kappa shape index (κ2) is 9.23. The Bertz CT molecular complexity index is 1470. The minimum absolute atomic E-state index is 0.132. The quantitative estimate of drug-likeness (QED) is 0.293. The van der Waals surface area contributed by atoms with Crippen molar-refractivity contribution in [3.05, 3.63) is 66.7 Å². The predicted octanol–water partition coefficient (Wildman–Crippen LogP) is 5.99. The van der Waals surface area contributed by atoms with Crippen LogP contribution in [-0.2, 0) is 11.3 Å². The topological polar surface area (TPSA) is 82.2 Å². The number of carbonyl (C=O) groups excluding carboxylic acids is 1. The maximum atomic E-state index is 12.9. The molecule has 0 radical (unpaired) electrons.